The van der Waals surface area contributed by atoms with Crippen LogP contribution in [0.1, 0.15) is 19.0 Å². The summed E-state index contributed by atoms with van der Waals surface area (Å²) in [7, 11) is 2.14. The van der Waals surface area contributed by atoms with Crippen molar-refractivity contribution in [1.82, 2.24) is 14.5 Å². The fourth-order valence-electron chi connectivity index (χ4n) is 2.26. The second-order valence-corrected chi connectivity index (χ2v) is 5.04. The van der Waals surface area contributed by atoms with Gasteiger partial charge in [0.05, 0.1) is 24.9 Å². The highest BCUT2D eigenvalue weighted by Gasteiger charge is 2.19. The number of likely N-dealkylation sites (N-methyl/N-ethyl adjacent to an activating group) is 1. The Morgan fingerprint density at radius 3 is 3.11 bits per heavy atom. The van der Waals surface area contributed by atoms with E-state index in [1.807, 2.05) is 6.92 Å². The van der Waals surface area contributed by atoms with Gasteiger partial charge in [0.1, 0.15) is 0 Å². The van der Waals surface area contributed by atoms with E-state index in [-0.39, 0.29) is 6.10 Å². The van der Waals surface area contributed by atoms with Crippen LogP contribution in [0.15, 0.2) is 6.20 Å². The molecule has 1 N–H and O–H groups in total. The molecule has 1 aliphatic rings. The molecule has 0 radical (unpaired) electrons. The van der Waals surface area contributed by atoms with Crippen molar-refractivity contribution >= 4 is 5.95 Å². The summed E-state index contributed by atoms with van der Waals surface area (Å²) >= 11 is 0. The zero-order chi connectivity index (χ0) is 13.0. The van der Waals surface area contributed by atoms with Gasteiger partial charge in [0.15, 0.2) is 0 Å². The quantitative estimate of drug-likeness (QED) is 0.859. The number of hydrogen-bond acceptors (Lipinski definition) is 4. The molecule has 1 atom stereocenters. The molecule has 102 valence electrons. The van der Waals surface area contributed by atoms with Crippen LogP contribution in [0.3, 0.4) is 0 Å². The van der Waals surface area contributed by atoms with Gasteiger partial charge in [0.2, 0.25) is 5.95 Å². The van der Waals surface area contributed by atoms with Crippen LogP contribution >= 0.6 is 0 Å². The largest absolute Gasteiger partial charge is 0.374 e. The first-order valence-corrected chi connectivity index (χ1v) is 6.77. The Bertz CT molecular complexity index is 377. The molecule has 1 aromatic rings. The summed E-state index contributed by atoms with van der Waals surface area (Å²) in [6.45, 7) is 8.87. The topological polar surface area (TPSA) is 42.3 Å². The van der Waals surface area contributed by atoms with Crippen LogP contribution in [0.2, 0.25) is 0 Å². The number of hydrogen-bond donors (Lipinski definition) is 1. The highest BCUT2D eigenvalue weighted by molar-refractivity contribution is 5.28. The van der Waals surface area contributed by atoms with Gasteiger partial charge in [-0.15, -0.1) is 0 Å². The Hall–Kier alpha value is -1.07. The first-order valence-electron chi connectivity index (χ1n) is 6.77. The summed E-state index contributed by atoms with van der Waals surface area (Å²) in [6, 6.07) is 0. The summed E-state index contributed by atoms with van der Waals surface area (Å²) < 4.78 is 7.98. The molecule has 0 saturated carbocycles. The van der Waals surface area contributed by atoms with Crippen LogP contribution in [-0.2, 0) is 11.3 Å². The van der Waals surface area contributed by atoms with Crippen molar-refractivity contribution in [3.63, 3.8) is 0 Å². The monoisotopic (exact) mass is 252 g/mol. The maximum atomic E-state index is 5.80. The van der Waals surface area contributed by atoms with Crippen molar-refractivity contribution in [1.29, 1.82) is 0 Å². The number of nitrogens with zero attached hydrogens (tertiary/aromatic N) is 3. The summed E-state index contributed by atoms with van der Waals surface area (Å²) in [5.74, 6) is 0.964. The molecule has 0 aliphatic carbocycles. The molecule has 2 heterocycles. The van der Waals surface area contributed by atoms with Gasteiger partial charge in [-0.3, -0.25) is 0 Å². The number of rotatable bonds is 5. The minimum Gasteiger partial charge on any atom is -0.374 e. The minimum atomic E-state index is 0.263. The fourth-order valence-corrected chi connectivity index (χ4v) is 2.26. The third-order valence-electron chi connectivity index (χ3n) is 3.17. The van der Waals surface area contributed by atoms with Crippen molar-refractivity contribution in [3.05, 3.63) is 11.9 Å². The third kappa shape index (κ3) is 3.46. The van der Waals surface area contributed by atoms with E-state index in [0.717, 1.165) is 50.8 Å². The Morgan fingerprint density at radius 2 is 2.39 bits per heavy atom. The molecule has 18 heavy (non-hydrogen) atoms. The first-order chi connectivity index (χ1) is 8.69. The molecule has 1 fully saturated rings. The number of ether oxygens (including phenoxy) is 1. The van der Waals surface area contributed by atoms with E-state index in [1.165, 1.54) is 0 Å². The van der Waals surface area contributed by atoms with E-state index in [1.54, 1.807) is 0 Å². The zero-order valence-corrected chi connectivity index (χ0v) is 11.6. The second kappa shape index (κ2) is 6.20. The van der Waals surface area contributed by atoms with Gasteiger partial charge < -0.3 is 19.5 Å². The minimum absolute atomic E-state index is 0.263. The van der Waals surface area contributed by atoms with Gasteiger partial charge in [-0.05, 0) is 20.4 Å². The molecule has 1 aliphatic heterocycles. The maximum Gasteiger partial charge on any atom is 0.203 e. The standard InChI is InChI=1S/C13H24N4O/c1-4-5-14-13-15-11(2)8-17(13)10-12-9-16(3)6-7-18-12/h8,12H,4-7,9-10H2,1-3H3,(H,14,15). The van der Waals surface area contributed by atoms with Gasteiger partial charge in [-0.1, -0.05) is 6.92 Å². The predicted octanol–water partition coefficient (Wildman–Crippen LogP) is 1.34. The van der Waals surface area contributed by atoms with E-state index >= 15 is 0 Å². The highest BCUT2D eigenvalue weighted by Crippen LogP contribution is 2.12. The molecular weight excluding hydrogens is 228 g/mol. The lowest BCUT2D eigenvalue weighted by Crippen LogP contribution is -2.42. The number of aryl methyl sites for hydroxylation is 1. The number of anilines is 1. The molecule has 0 amide bonds. The predicted molar refractivity (Wildman–Crippen MR) is 73.0 cm³/mol. The van der Waals surface area contributed by atoms with Gasteiger partial charge in [-0.2, -0.15) is 0 Å². The van der Waals surface area contributed by atoms with Gasteiger partial charge in [-0.25, -0.2) is 4.98 Å². The van der Waals surface area contributed by atoms with Crippen LogP contribution in [0.25, 0.3) is 0 Å². The van der Waals surface area contributed by atoms with Crippen molar-refractivity contribution in [2.24, 2.45) is 0 Å². The number of imidazole rings is 1. The molecule has 1 aromatic heterocycles. The van der Waals surface area contributed by atoms with Crippen molar-refractivity contribution < 1.29 is 4.74 Å². The Balaban J connectivity index is 1.98. The van der Waals surface area contributed by atoms with Gasteiger partial charge in [0.25, 0.3) is 0 Å². The van der Waals surface area contributed by atoms with E-state index in [4.69, 9.17) is 4.74 Å². The van der Waals surface area contributed by atoms with Crippen molar-refractivity contribution in [2.75, 3.05) is 38.6 Å². The summed E-state index contributed by atoms with van der Waals surface area (Å²) in [5.41, 5.74) is 1.05. The average molecular weight is 252 g/mol. The van der Waals surface area contributed by atoms with Crippen LogP contribution in [0, 0.1) is 6.92 Å². The maximum absolute atomic E-state index is 5.80. The molecule has 2 rings (SSSR count). The Morgan fingerprint density at radius 1 is 1.56 bits per heavy atom. The zero-order valence-electron chi connectivity index (χ0n) is 11.6. The molecule has 5 heteroatoms. The van der Waals surface area contributed by atoms with Crippen LogP contribution < -0.4 is 5.32 Å². The summed E-state index contributed by atoms with van der Waals surface area (Å²) in [6.07, 6.45) is 3.46. The van der Waals surface area contributed by atoms with Crippen LogP contribution in [0.4, 0.5) is 5.95 Å². The van der Waals surface area contributed by atoms with E-state index in [0.29, 0.717) is 0 Å². The van der Waals surface area contributed by atoms with Crippen LogP contribution in [-0.4, -0.2) is 53.8 Å². The molecule has 0 spiro atoms. The lowest BCUT2D eigenvalue weighted by atomic mass is 10.3. The second-order valence-electron chi connectivity index (χ2n) is 5.04. The highest BCUT2D eigenvalue weighted by atomic mass is 16.5. The smallest absolute Gasteiger partial charge is 0.203 e. The molecule has 0 bridgehead atoms. The van der Waals surface area contributed by atoms with Crippen LogP contribution in [0.5, 0.6) is 0 Å². The Labute approximate surface area is 109 Å². The third-order valence-corrected chi connectivity index (χ3v) is 3.17. The SMILES string of the molecule is CCCNc1nc(C)cn1CC1CN(C)CCO1. The fraction of sp³-hybridized carbons (Fsp3) is 0.769. The van der Waals surface area contributed by atoms with E-state index < -0.39 is 0 Å². The first kappa shape index (κ1) is 13.4. The van der Waals surface area contributed by atoms with Gasteiger partial charge >= 0.3 is 0 Å². The van der Waals surface area contributed by atoms with Crippen molar-refractivity contribution in [3.8, 4) is 0 Å². The van der Waals surface area contributed by atoms with E-state index in [2.05, 4.69) is 39.9 Å². The van der Waals surface area contributed by atoms with Gasteiger partial charge in [0, 0.05) is 25.8 Å². The normalized spacial score (nSPS) is 21.2. The lowest BCUT2D eigenvalue weighted by molar-refractivity contribution is -0.0272. The number of nitrogens with one attached hydrogen (secondary N) is 1. The van der Waals surface area contributed by atoms with Crippen molar-refractivity contribution in [2.45, 2.75) is 32.9 Å². The number of aromatic nitrogens is 2. The molecule has 1 saturated heterocycles. The Kier molecular flexibility index (Phi) is 4.60. The summed E-state index contributed by atoms with van der Waals surface area (Å²) in [5, 5.41) is 3.37. The average Bonchev–Trinajstić information content (AvgIpc) is 2.67. The number of morpholine rings is 1. The summed E-state index contributed by atoms with van der Waals surface area (Å²) in [4.78, 5) is 6.83. The molecular formula is C13H24N4O. The molecule has 5 nitrogen and oxygen atoms in total. The molecule has 0 aromatic carbocycles. The lowest BCUT2D eigenvalue weighted by Gasteiger charge is -2.30. The molecule has 1 unspecified atom stereocenters. The van der Waals surface area contributed by atoms with E-state index in [9.17, 15) is 0 Å².